The number of benzene rings is 2. The standard InChI is InChI=1S/C17H22N2/c1-14(12-15-8-4-2-5-9-15)19-17(13-18)16-10-6-3-7-11-16/h2-11,14,17,19H,12-13,18H2,1H3. The van der Waals surface area contributed by atoms with Gasteiger partial charge in [0.05, 0.1) is 0 Å². The zero-order valence-corrected chi connectivity index (χ0v) is 11.4. The van der Waals surface area contributed by atoms with Gasteiger partial charge in [-0.15, -0.1) is 0 Å². The molecule has 0 spiro atoms. The average molecular weight is 254 g/mol. The highest BCUT2D eigenvalue weighted by atomic mass is 15.0. The molecular formula is C17H22N2. The molecule has 0 fully saturated rings. The van der Waals surface area contributed by atoms with Gasteiger partial charge < -0.3 is 11.1 Å². The van der Waals surface area contributed by atoms with E-state index < -0.39 is 0 Å². The summed E-state index contributed by atoms with van der Waals surface area (Å²) in [4.78, 5) is 0. The number of rotatable bonds is 6. The van der Waals surface area contributed by atoms with Crippen LogP contribution in [-0.2, 0) is 6.42 Å². The van der Waals surface area contributed by atoms with Crippen molar-refractivity contribution in [1.29, 1.82) is 0 Å². The molecule has 0 saturated carbocycles. The molecule has 0 aliphatic heterocycles. The van der Waals surface area contributed by atoms with Crippen LogP contribution in [0.4, 0.5) is 0 Å². The fourth-order valence-corrected chi connectivity index (χ4v) is 2.36. The summed E-state index contributed by atoms with van der Waals surface area (Å²) < 4.78 is 0. The van der Waals surface area contributed by atoms with Crippen molar-refractivity contribution in [2.75, 3.05) is 6.54 Å². The summed E-state index contributed by atoms with van der Waals surface area (Å²) >= 11 is 0. The minimum absolute atomic E-state index is 0.222. The molecule has 19 heavy (non-hydrogen) atoms. The molecule has 0 radical (unpaired) electrons. The Morgan fingerprint density at radius 3 is 2.11 bits per heavy atom. The molecule has 0 aliphatic carbocycles. The van der Waals surface area contributed by atoms with E-state index in [0.29, 0.717) is 12.6 Å². The van der Waals surface area contributed by atoms with E-state index >= 15 is 0 Å². The van der Waals surface area contributed by atoms with Crippen LogP contribution in [0.25, 0.3) is 0 Å². The summed E-state index contributed by atoms with van der Waals surface area (Å²) in [6.07, 6.45) is 1.02. The van der Waals surface area contributed by atoms with Gasteiger partial charge in [0.25, 0.3) is 0 Å². The molecule has 2 unspecified atom stereocenters. The summed E-state index contributed by atoms with van der Waals surface area (Å²) in [5, 5.41) is 3.61. The molecule has 0 bridgehead atoms. The SMILES string of the molecule is CC(Cc1ccccc1)NC(CN)c1ccccc1. The van der Waals surface area contributed by atoms with E-state index in [2.05, 4.69) is 60.8 Å². The van der Waals surface area contributed by atoms with Gasteiger partial charge >= 0.3 is 0 Å². The topological polar surface area (TPSA) is 38.0 Å². The van der Waals surface area contributed by atoms with Crippen molar-refractivity contribution in [3.63, 3.8) is 0 Å². The van der Waals surface area contributed by atoms with E-state index in [0.717, 1.165) is 6.42 Å². The van der Waals surface area contributed by atoms with E-state index in [-0.39, 0.29) is 6.04 Å². The summed E-state index contributed by atoms with van der Waals surface area (Å²) in [5.74, 6) is 0. The third-order valence-corrected chi connectivity index (χ3v) is 3.31. The van der Waals surface area contributed by atoms with Crippen LogP contribution in [0.1, 0.15) is 24.1 Å². The van der Waals surface area contributed by atoms with Gasteiger partial charge in [0, 0.05) is 18.6 Å². The normalized spacial score (nSPS) is 14.0. The van der Waals surface area contributed by atoms with E-state index in [1.54, 1.807) is 0 Å². The van der Waals surface area contributed by atoms with Crippen molar-refractivity contribution < 1.29 is 0 Å². The number of nitrogens with two attached hydrogens (primary N) is 1. The smallest absolute Gasteiger partial charge is 0.0446 e. The number of nitrogens with one attached hydrogen (secondary N) is 1. The van der Waals surface area contributed by atoms with Crippen LogP contribution in [0, 0.1) is 0 Å². The van der Waals surface area contributed by atoms with Gasteiger partial charge in [-0.05, 0) is 24.5 Å². The summed E-state index contributed by atoms with van der Waals surface area (Å²) in [7, 11) is 0. The van der Waals surface area contributed by atoms with E-state index in [1.807, 2.05) is 12.1 Å². The Labute approximate surface area is 115 Å². The largest absolute Gasteiger partial charge is 0.329 e. The molecule has 2 rings (SSSR count). The van der Waals surface area contributed by atoms with Gasteiger partial charge in [-0.3, -0.25) is 0 Å². The minimum atomic E-state index is 0.222. The molecule has 0 heterocycles. The molecule has 0 saturated heterocycles. The highest BCUT2D eigenvalue weighted by molar-refractivity contribution is 5.20. The number of hydrogen-bond donors (Lipinski definition) is 2. The number of hydrogen-bond acceptors (Lipinski definition) is 2. The Morgan fingerprint density at radius 1 is 0.947 bits per heavy atom. The van der Waals surface area contributed by atoms with Crippen molar-refractivity contribution in [1.82, 2.24) is 5.32 Å². The van der Waals surface area contributed by atoms with Crippen LogP contribution in [0.15, 0.2) is 60.7 Å². The lowest BCUT2D eigenvalue weighted by Gasteiger charge is -2.22. The Morgan fingerprint density at radius 2 is 1.53 bits per heavy atom. The van der Waals surface area contributed by atoms with Crippen molar-refractivity contribution >= 4 is 0 Å². The van der Waals surface area contributed by atoms with Crippen LogP contribution in [0.3, 0.4) is 0 Å². The van der Waals surface area contributed by atoms with Crippen molar-refractivity contribution in [2.24, 2.45) is 5.73 Å². The first-order valence-corrected chi connectivity index (χ1v) is 6.84. The Balaban J connectivity index is 1.95. The van der Waals surface area contributed by atoms with Gasteiger partial charge in [0.1, 0.15) is 0 Å². The molecule has 0 aromatic heterocycles. The van der Waals surface area contributed by atoms with Crippen LogP contribution < -0.4 is 11.1 Å². The van der Waals surface area contributed by atoms with Crippen LogP contribution >= 0.6 is 0 Å². The summed E-state index contributed by atoms with van der Waals surface area (Å²) in [5.41, 5.74) is 8.49. The molecular weight excluding hydrogens is 232 g/mol. The lowest BCUT2D eigenvalue weighted by atomic mass is 10.0. The fourth-order valence-electron chi connectivity index (χ4n) is 2.36. The molecule has 2 aromatic carbocycles. The first-order chi connectivity index (χ1) is 9.29. The second-order valence-corrected chi connectivity index (χ2v) is 4.96. The molecule has 2 heteroatoms. The zero-order valence-electron chi connectivity index (χ0n) is 11.4. The van der Waals surface area contributed by atoms with Gasteiger partial charge in [0.15, 0.2) is 0 Å². The third-order valence-electron chi connectivity index (χ3n) is 3.31. The van der Waals surface area contributed by atoms with E-state index in [9.17, 15) is 0 Å². The molecule has 100 valence electrons. The van der Waals surface area contributed by atoms with E-state index in [4.69, 9.17) is 5.73 Å². The van der Waals surface area contributed by atoms with Crippen molar-refractivity contribution in [3.05, 3.63) is 71.8 Å². The maximum Gasteiger partial charge on any atom is 0.0446 e. The average Bonchev–Trinajstić information content (AvgIpc) is 2.47. The van der Waals surface area contributed by atoms with Crippen LogP contribution in [0.5, 0.6) is 0 Å². The lowest BCUT2D eigenvalue weighted by molar-refractivity contribution is 0.458. The molecule has 2 aromatic rings. The molecule has 2 atom stereocenters. The predicted molar refractivity (Wildman–Crippen MR) is 81.0 cm³/mol. The maximum atomic E-state index is 5.88. The van der Waals surface area contributed by atoms with E-state index in [1.165, 1.54) is 11.1 Å². The Kier molecular flexibility index (Phi) is 5.13. The lowest BCUT2D eigenvalue weighted by Crippen LogP contribution is -2.36. The van der Waals surface area contributed by atoms with Crippen LogP contribution in [0.2, 0.25) is 0 Å². The molecule has 3 N–H and O–H groups in total. The molecule has 2 nitrogen and oxygen atoms in total. The van der Waals surface area contributed by atoms with Gasteiger partial charge in [-0.1, -0.05) is 60.7 Å². The van der Waals surface area contributed by atoms with Crippen molar-refractivity contribution in [3.8, 4) is 0 Å². The summed E-state index contributed by atoms with van der Waals surface area (Å²) in [6, 6.07) is 21.6. The highest BCUT2D eigenvalue weighted by Crippen LogP contribution is 2.13. The molecule has 0 aliphatic rings. The van der Waals surface area contributed by atoms with Crippen LogP contribution in [-0.4, -0.2) is 12.6 Å². The first-order valence-electron chi connectivity index (χ1n) is 6.84. The highest BCUT2D eigenvalue weighted by Gasteiger charge is 2.12. The predicted octanol–water partition coefficient (Wildman–Crippen LogP) is 2.91. The third kappa shape index (κ3) is 4.19. The monoisotopic (exact) mass is 254 g/mol. The first kappa shape index (κ1) is 13.8. The minimum Gasteiger partial charge on any atom is -0.329 e. The van der Waals surface area contributed by atoms with Gasteiger partial charge in [-0.2, -0.15) is 0 Å². The maximum absolute atomic E-state index is 5.88. The summed E-state index contributed by atoms with van der Waals surface area (Å²) in [6.45, 7) is 2.82. The Bertz CT molecular complexity index is 467. The second kappa shape index (κ2) is 7.07. The van der Waals surface area contributed by atoms with Gasteiger partial charge in [0.2, 0.25) is 0 Å². The fraction of sp³-hybridized carbons (Fsp3) is 0.294. The molecule has 0 amide bonds. The quantitative estimate of drug-likeness (QED) is 0.832. The Hall–Kier alpha value is -1.64. The van der Waals surface area contributed by atoms with Crippen molar-refractivity contribution in [2.45, 2.75) is 25.4 Å². The second-order valence-electron chi connectivity index (χ2n) is 4.96. The zero-order chi connectivity index (χ0) is 13.5. The van der Waals surface area contributed by atoms with Gasteiger partial charge in [-0.25, -0.2) is 0 Å².